The van der Waals surface area contributed by atoms with E-state index in [4.69, 9.17) is 11.5 Å². The number of nitrogens with one attached hydrogen (secondary N) is 1. The van der Waals surface area contributed by atoms with Crippen LogP contribution < -0.4 is 11.5 Å². The fraction of sp³-hybridized carbons (Fsp3) is 0.211. The maximum atomic E-state index is 13.0. The van der Waals surface area contributed by atoms with Gasteiger partial charge in [-0.15, -0.1) is 0 Å². The number of aromatic amines is 1. The van der Waals surface area contributed by atoms with E-state index in [1.807, 2.05) is 12.1 Å². The predicted molar refractivity (Wildman–Crippen MR) is 91.4 cm³/mol. The number of H-pyrrole nitrogens is 1. The molecule has 0 fully saturated rings. The van der Waals surface area contributed by atoms with E-state index in [9.17, 15) is 9.18 Å². The highest BCUT2D eigenvalue weighted by molar-refractivity contribution is 6.10. The minimum atomic E-state index is -0.357. The van der Waals surface area contributed by atoms with Gasteiger partial charge in [-0.1, -0.05) is 0 Å². The minimum Gasteiger partial charge on any atom is -0.357 e. The normalized spacial score (nSPS) is 20.1. The Bertz CT molecular complexity index is 930. The molecule has 4 nitrogen and oxygen atoms in total. The lowest BCUT2D eigenvalue weighted by Crippen LogP contribution is -2.33. The second-order valence-electron chi connectivity index (χ2n) is 6.42. The number of benzene rings is 2. The topological polar surface area (TPSA) is 84.9 Å². The van der Waals surface area contributed by atoms with Gasteiger partial charge in [-0.3, -0.25) is 4.79 Å². The monoisotopic (exact) mass is 323 g/mol. The molecule has 0 amide bonds. The predicted octanol–water partition coefficient (Wildman–Crippen LogP) is 2.81. The van der Waals surface area contributed by atoms with Crippen LogP contribution in [0, 0.1) is 5.82 Å². The van der Waals surface area contributed by atoms with Crippen molar-refractivity contribution in [3.63, 3.8) is 0 Å². The number of carbonyl (C=O) groups is 1. The third-order valence-corrected chi connectivity index (χ3v) is 4.70. The third kappa shape index (κ3) is 2.42. The summed E-state index contributed by atoms with van der Waals surface area (Å²) >= 11 is 0. The lowest BCUT2D eigenvalue weighted by molar-refractivity contribution is 0.103. The van der Waals surface area contributed by atoms with Crippen LogP contribution in [0.1, 0.15) is 39.6 Å². The van der Waals surface area contributed by atoms with E-state index in [1.165, 1.54) is 24.3 Å². The average molecular weight is 323 g/mol. The number of hydrogen-bond donors (Lipinski definition) is 3. The van der Waals surface area contributed by atoms with E-state index in [2.05, 4.69) is 4.98 Å². The summed E-state index contributed by atoms with van der Waals surface area (Å²) in [6, 6.07) is 11.1. The highest BCUT2D eigenvalue weighted by atomic mass is 19.1. The molecule has 5 heteroatoms. The molecule has 5 N–H and O–H groups in total. The molecule has 0 bridgehead atoms. The van der Waals surface area contributed by atoms with Crippen LogP contribution in [-0.2, 0) is 6.42 Å². The standard InChI is InChI=1S/C19H18FN3O/c20-12-4-1-10(2-5-12)19(24)11-3-6-17-14(7-11)15-8-13(21)9-16(22)18(15)23-17/h1-7,13,16,23H,8-9,21-22H2. The summed E-state index contributed by atoms with van der Waals surface area (Å²) < 4.78 is 13.0. The van der Waals surface area contributed by atoms with Crippen molar-refractivity contribution in [1.82, 2.24) is 4.98 Å². The van der Waals surface area contributed by atoms with Gasteiger partial charge in [0.2, 0.25) is 0 Å². The van der Waals surface area contributed by atoms with Crippen LogP contribution in [0.25, 0.3) is 10.9 Å². The van der Waals surface area contributed by atoms with Gasteiger partial charge in [0.25, 0.3) is 0 Å². The van der Waals surface area contributed by atoms with Gasteiger partial charge in [0.05, 0.1) is 0 Å². The SMILES string of the molecule is NC1Cc2c([nH]c3ccc(C(=O)c4ccc(F)cc4)cc23)C(N)C1. The number of rotatable bonds is 2. The number of nitrogens with two attached hydrogens (primary N) is 2. The van der Waals surface area contributed by atoms with E-state index in [1.54, 1.807) is 6.07 Å². The first-order valence-corrected chi connectivity index (χ1v) is 7.99. The average Bonchev–Trinajstić information content (AvgIpc) is 2.93. The van der Waals surface area contributed by atoms with Crippen molar-refractivity contribution in [3.05, 3.63) is 70.7 Å². The Labute approximate surface area is 138 Å². The molecule has 2 atom stereocenters. The number of fused-ring (bicyclic) bond motifs is 3. The molecule has 0 saturated heterocycles. The van der Waals surface area contributed by atoms with Crippen LogP contribution in [0.3, 0.4) is 0 Å². The van der Waals surface area contributed by atoms with Crippen LogP contribution in [0.4, 0.5) is 4.39 Å². The Hall–Kier alpha value is -2.50. The van der Waals surface area contributed by atoms with E-state index in [0.29, 0.717) is 11.1 Å². The first-order valence-electron chi connectivity index (χ1n) is 7.99. The van der Waals surface area contributed by atoms with Crippen LogP contribution in [0.15, 0.2) is 42.5 Å². The van der Waals surface area contributed by atoms with Gasteiger partial charge in [-0.2, -0.15) is 0 Å². The van der Waals surface area contributed by atoms with Crippen molar-refractivity contribution in [2.45, 2.75) is 24.9 Å². The van der Waals surface area contributed by atoms with E-state index >= 15 is 0 Å². The summed E-state index contributed by atoms with van der Waals surface area (Å²) in [7, 11) is 0. The lowest BCUT2D eigenvalue weighted by atomic mass is 9.88. The zero-order valence-electron chi connectivity index (χ0n) is 13.1. The Balaban J connectivity index is 1.79. The summed E-state index contributed by atoms with van der Waals surface area (Å²) in [4.78, 5) is 16.0. The number of halogens is 1. The van der Waals surface area contributed by atoms with E-state index < -0.39 is 0 Å². The fourth-order valence-electron chi connectivity index (χ4n) is 3.50. The fourth-order valence-corrected chi connectivity index (χ4v) is 3.50. The van der Waals surface area contributed by atoms with Gasteiger partial charge < -0.3 is 16.5 Å². The molecule has 2 unspecified atom stereocenters. The second kappa shape index (κ2) is 5.54. The zero-order valence-corrected chi connectivity index (χ0v) is 13.1. The molecule has 1 aromatic heterocycles. The highest BCUT2D eigenvalue weighted by Gasteiger charge is 2.26. The zero-order chi connectivity index (χ0) is 16.8. The van der Waals surface area contributed by atoms with Crippen molar-refractivity contribution in [3.8, 4) is 0 Å². The van der Waals surface area contributed by atoms with Gasteiger partial charge in [0.1, 0.15) is 5.82 Å². The molecular formula is C19H18FN3O. The molecule has 24 heavy (non-hydrogen) atoms. The quantitative estimate of drug-likeness (QED) is 0.634. The molecule has 4 rings (SSSR count). The van der Waals surface area contributed by atoms with Crippen molar-refractivity contribution >= 4 is 16.7 Å². The molecule has 0 spiro atoms. The molecule has 2 aromatic carbocycles. The number of aromatic nitrogens is 1. The van der Waals surface area contributed by atoms with Crippen LogP contribution in [0.2, 0.25) is 0 Å². The molecule has 3 aromatic rings. The van der Waals surface area contributed by atoms with Crippen molar-refractivity contribution < 1.29 is 9.18 Å². The molecule has 0 saturated carbocycles. The Morgan fingerprint density at radius 1 is 1.08 bits per heavy atom. The maximum Gasteiger partial charge on any atom is 0.193 e. The van der Waals surface area contributed by atoms with Gasteiger partial charge in [0, 0.05) is 39.8 Å². The smallest absolute Gasteiger partial charge is 0.193 e. The summed E-state index contributed by atoms with van der Waals surface area (Å²) in [5.41, 5.74) is 16.4. The molecule has 122 valence electrons. The number of ketones is 1. The van der Waals surface area contributed by atoms with Gasteiger partial charge >= 0.3 is 0 Å². The van der Waals surface area contributed by atoms with Crippen molar-refractivity contribution in [1.29, 1.82) is 0 Å². The van der Waals surface area contributed by atoms with Crippen molar-refractivity contribution in [2.24, 2.45) is 11.5 Å². The van der Waals surface area contributed by atoms with E-state index in [0.717, 1.165) is 35.0 Å². The molecule has 1 heterocycles. The minimum absolute atomic E-state index is 0.0305. The summed E-state index contributed by atoms with van der Waals surface area (Å²) in [6.07, 6.45) is 1.50. The van der Waals surface area contributed by atoms with Crippen LogP contribution >= 0.6 is 0 Å². The molecule has 0 aliphatic heterocycles. The number of carbonyl (C=O) groups excluding carboxylic acids is 1. The molecular weight excluding hydrogens is 305 g/mol. The van der Waals surface area contributed by atoms with Gasteiger partial charge in [0.15, 0.2) is 5.78 Å². The van der Waals surface area contributed by atoms with E-state index in [-0.39, 0.29) is 23.7 Å². The first kappa shape index (κ1) is 15.1. The van der Waals surface area contributed by atoms with Crippen LogP contribution in [0.5, 0.6) is 0 Å². The first-order chi connectivity index (χ1) is 11.5. The summed E-state index contributed by atoms with van der Waals surface area (Å²) in [6.45, 7) is 0. The van der Waals surface area contributed by atoms with Crippen molar-refractivity contribution in [2.75, 3.05) is 0 Å². The lowest BCUT2D eigenvalue weighted by Gasteiger charge is -2.24. The Morgan fingerprint density at radius 3 is 2.54 bits per heavy atom. The second-order valence-corrected chi connectivity index (χ2v) is 6.42. The Morgan fingerprint density at radius 2 is 1.79 bits per heavy atom. The molecule has 1 aliphatic rings. The van der Waals surface area contributed by atoms with Crippen LogP contribution in [-0.4, -0.2) is 16.8 Å². The summed E-state index contributed by atoms with van der Waals surface area (Å²) in [5, 5.41) is 0.989. The largest absolute Gasteiger partial charge is 0.357 e. The molecule has 0 radical (unpaired) electrons. The number of hydrogen-bond acceptors (Lipinski definition) is 3. The summed E-state index contributed by atoms with van der Waals surface area (Å²) in [5.74, 6) is -0.485. The third-order valence-electron chi connectivity index (χ3n) is 4.70. The van der Waals surface area contributed by atoms with Gasteiger partial charge in [-0.25, -0.2) is 4.39 Å². The maximum absolute atomic E-state index is 13.0. The highest BCUT2D eigenvalue weighted by Crippen LogP contribution is 2.33. The van der Waals surface area contributed by atoms with Gasteiger partial charge in [-0.05, 0) is 60.9 Å². The molecule has 1 aliphatic carbocycles. The Kier molecular flexibility index (Phi) is 3.48.